The highest BCUT2D eigenvalue weighted by molar-refractivity contribution is 5.89. The van der Waals surface area contributed by atoms with Crippen LogP contribution in [0.3, 0.4) is 0 Å². The SMILES string of the molecule is O=C(O)c1ccc2c(c1)Cc1ccccc1C=C2. The number of fused-ring (bicyclic) bond motifs is 2. The van der Waals surface area contributed by atoms with Crippen molar-refractivity contribution in [3.63, 3.8) is 0 Å². The maximum absolute atomic E-state index is 11.0. The van der Waals surface area contributed by atoms with Gasteiger partial charge in [-0.15, -0.1) is 0 Å². The molecule has 2 nitrogen and oxygen atoms in total. The smallest absolute Gasteiger partial charge is 0.335 e. The molecule has 2 aromatic rings. The van der Waals surface area contributed by atoms with Crippen LogP contribution in [0.1, 0.15) is 32.6 Å². The lowest BCUT2D eigenvalue weighted by atomic mass is 9.98. The highest BCUT2D eigenvalue weighted by Gasteiger charge is 2.11. The molecule has 0 spiro atoms. The zero-order valence-electron chi connectivity index (χ0n) is 9.76. The molecule has 0 heterocycles. The molecule has 88 valence electrons. The summed E-state index contributed by atoms with van der Waals surface area (Å²) in [5.74, 6) is -0.876. The Labute approximate surface area is 105 Å². The molecule has 0 unspecified atom stereocenters. The quantitative estimate of drug-likeness (QED) is 0.702. The van der Waals surface area contributed by atoms with Crippen LogP contribution in [0.15, 0.2) is 42.5 Å². The fourth-order valence-electron chi connectivity index (χ4n) is 2.30. The van der Waals surface area contributed by atoms with Gasteiger partial charge in [-0.25, -0.2) is 4.79 Å². The summed E-state index contributed by atoms with van der Waals surface area (Å²) >= 11 is 0. The molecular formula is C16H12O2. The summed E-state index contributed by atoms with van der Waals surface area (Å²) in [6, 6.07) is 13.5. The Morgan fingerprint density at radius 2 is 1.67 bits per heavy atom. The molecule has 1 aliphatic rings. The highest BCUT2D eigenvalue weighted by Crippen LogP contribution is 2.25. The van der Waals surface area contributed by atoms with Gasteiger partial charge >= 0.3 is 5.97 Å². The normalized spacial score (nSPS) is 12.4. The summed E-state index contributed by atoms with van der Waals surface area (Å²) in [4.78, 5) is 11.0. The Balaban J connectivity index is 2.13. The lowest BCUT2D eigenvalue weighted by molar-refractivity contribution is 0.0697. The van der Waals surface area contributed by atoms with Crippen LogP contribution in [0.5, 0.6) is 0 Å². The highest BCUT2D eigenvalue weighted by atomic mass is 16.4. The number of aromatic carboxylic acids is 1. The summed E-state index contributed by atoms with van der Waals surface area (Å²) in [5, 5.41) is 9.03. The average molecular weight is 236 g/mol. The molecule has 0 saturated heterocycles. The number of hydrogen-bond donors (Lipinski definition) is 1. The number of carbonyl (C=O) groups is 1. The number of rotatable bonds is 1. The van der Waals surface area contributed by atoms with Gasteiger partial charge in [-0.05, 0) is 40.8 Å². The third-order valence-corrected chi connectivity index (χ3v) is 3.27. The summed E-state index contributed by atoms with van der Waals surface area (Å²) in [5.41, 5.74) is 4.94. The van der Waals surface area contributed by atoms with Crippen molar-refractivity contribution < 1.29 is 9.90 Å². The van der Waals surface area contributed by atoms with Gasteiger partial charge in [0.15, 0.2) is 0 Å². The van der Waals surface area contributed by atoms with Gasteiger partial charge in [0.1, 0.15) is 0 Å². The van der Waals surface area contributed by atoms with Gasteiger partial charge < -0.3 is 5.11 Å². The van der Waals surface area contributed by atoms with Crippen LogP contribution in [0.2, 0.25) is 0 Å². The predicted octanol–water partition coefficient (Wildman–Crippen LogP) is 3.46. The molecule has 0 radical (unpaired) electrons. The second kappa shape index (κ2) is 4.15. The molecule has 0 amide bonds. The summed E-state index contributed by atoms with van der Waals surface area (Å²) in [6.45, 7) is 0. The monoisotopic (exact) mass is 236 g/mol. The van der Waals surface area contributed by atoms with Gasteiger partial charge in [-0.2, -0.15) is 0 Å². The van der Waals surface area contributed by atoms with E-state index in [0.717, 1.165) is 17.5 Å². The largest absolute Gasteiger partial charge is 0.478 e. The molecule has 0 saturated carbocycles. The fourth-order valence-corrected chi connectivity index (χ4v) is 2.30. The topological polar surface area (TPSA) is 37.3 Å². The molecule has 1 aliphatic carbocycles. The van der Waals surface area contributed by atoms with Gasteiger partial charge in [-0.1, -0.05) is 42.5 Å². The molecule has 18 heavy (non-hydrogen) atoms. The lowest BCUT2D eigenvalue weighted by Crippen LogP contribution is -1.99. The van der Waals surface area contributed by atoms with Crippen molar-refractivity contribution in [2.24, 2.45) is 0 Å². The molecule has 1 N–H and O–H groups in total. The van der Waals surface area contributed by atoms with Crippen LogP contribution in [-0.2, 0) is 6.42 Å². The molecule has 3 rings (SSSR count). The van der Waals surface area contributed by atoms with Crippen molar-refractivity contribution in [2.75, 3.05) is 0 Å². The van der Waals surface area contributed by atoms with E-state index in [0.29, 0.717) is 5.56 Å². The third-order valence-electron chi connectivity index (χ3n) is 3.27. The molecular weight excluding hydrogens is 224 g/mol. The Morgan fingerprint density at radius 1 is 0.944 bits per heavy atom. The minimum absolute atomic E-state index is 0.349. The van der Waals surface area contributed by atoms with E-state index in [1.54, 1.807) is 12.1 Å². The fraction of sp³-hybridized carbons (Fsp3) is 0.0625. The van der Waals surface area contributed by atoms with Crippen molar-refractivity contribution in [1.82, 2.24) is 0 Å². The second-order valence-corrected chi connectivity index (χ2v) is 4.43. The maximum Gasteiger partial charge on any atom is 0.335 e. The summed E-state index contributed by atoms with van der Waals surface area (Å²) in [6.07, 6.45) is 4.91. The number of benzene rings is 2. The van der Waals surface area contributed by atoms with Gasteiger partial charge in [0.2, 0.25) is 0 Å². The molecule has 0 bridgehead atoms. The van der Waals surface area contributed by atoms with Gasteiger partial charge in [0.25, 0.3) is 0 Å². The van der Waals surface area contributed by atoms with Crippen LogP contribution in [0.4, 0.5) is 0 Å². The van der Waals surface area contributed by atoms with E-state index in [2.05, 4.69) is 18.2 Å². The Morgan fingerprint density at radius 3 is 2.44 bits per heavy atom. The van der Waals surface area contributed by atoms with Crippen LogP contribution >= 0.6 is 0 Å². The van der Waals surface area contributed by atoms with Crippen LogP contribution in [0.25, 0.3) is 12.2 Å². The first-order valence-corrected chi connectivity index (χ1v) is 5.86. The zero-order chi connectivity index (χ0) is 12.5. The predicted molar refractivity (Wildman–Crippen MR) is 71.6 cm³/mol. The summed E-state index contributed by atoms with van der Waals surface area (Å²) in [7, 11) is 0. The Kier molecular flexibility index (Phi) is 2.49. The van der Waals surface area contributed by atoms with E-state index in [1.165, 1.54) is 11.1 Å². The summed E-state index contributed by atoms with van der Waals surface area (Å²) < 4.78 is 0. The van der Waals surface area contributed by atoms with Gasteiger partial charge in [0.05, 0.1) is 5.56 Å². The third kappa shape index (κ3) is 1.82. The van der Waals surface area contributed by atoms with E-state index < -0.39 is 5.97 Å². The minimum atomic E-state index is -0.876. The number of hydrogen-bond acceptors (Lipinski definition) is 1. The van der Waals surface area contributed by atoms with E-state index in [4.69, 9.17) is 5.11 Å². The molecule has 0 atom stereocenters. The minimum Gasteiger partial charge on any atom is -0.478 e. The van der Waals surface area contributed by atoms with E-state index in [1.807, 2.05) is 24.3 Å². The molecule has 0 aromatic heterocycles. The van der Waals surface area contributed by atoms with E-state index in [-0.39, 0.29) is 0 Å². The van der Waals surface area contributed by atoms with E-state index >= 15 is 0 Å². The van der Waals surface area contributed by atoms with Crippen molar-refractivity contribution in [3.8, 4) is 0 Å². The van der Waals surface area contributed by atoms with Crippen molar-refractivity contribution in [3.05, 3.63) is 70.3 Å². The zero-order valence-corrected chi connectivity index (χ0v) is 9.76. The maximum atomic E-state index is 11.0. The Hall–Kier alpha value is -2.35. The molecule has 2 heteroatoms. The van der Waals surface area contributed by atoms with E-state index in [9.17, 15) is 4.79 Å². The molecule has 0 fully saturated rings. The van der Waals surface area contributed by atoms with Crippen LogP contribution < -0.4 is 0 Å². The van der Waals surface area contributed by atoms with Crippen LogP contribution in [0, 0.1) is 0 Å². The van der Waals surface area contributed by atoms with Crippen molar-refractivity contribution >= 4 is 18.1 Å². The molecule has 0 aliphatic heterocycles. The van der Waals surface area contributed by atoms with Crippen LogP contribution in [-0.4, -0.2) is 11.1 Å². The Bertz CT molecular complexity index is 654. The standard InChI is InChI=1S/C16H12O2/c17-16(18)14-8-7-12-6-5-11-3-1-2-4-13(11)9-15(12)10-14/h1-8,10H,9H2,(H,17,18). The first-order chi connectivity index (χ1) is 8.74. The average Bonchev–Trinajstić information content (AvgIpc) is 2.56. The molecule has 2 aromatic carbocycles. The lowest BCUT2D eigenvalue weighted by Gasteiger charge is -2.07. The van der Waals surface area contributed by atoms with Crippen molar-refractivity contribution in [1.29, 1.82) is 0 Å². The van der Waals surface area contributed by atoms with Crippen molar-refractivity contribution in [2.45, 2.75) is 6.42 Å². The van der Waals surface area contributed by atoms with Gasteiger partial charge in [-0.3, -0.25) is 0 Å². The second-order valence-electron chi connectivity index (χ2n) is 4.43. The first kappa shape index (κ1) is 10.8. The van der Waals surface area contributed by atoms with Gasteiger partial charge in [0, 0.05) is 0 Å². The number of carboxylic acid groups (broad SMARTS) is 1. The first-order valence-electron chi connectivity index (χ1n) is 5.86. The number of carboxylic acids is 1.